The second kappa shape index (κ2) is 8.07. The van der Waals surface area contributed by atoms with Crippen LogP contribution in [0.3, 0.4) is 0 Å². The molecule has 0 unspecified atom stereocenters. The Morgan fingerprint density at radius 1 is 1.43 bits per heavy atom. The number of rotatable bonds is 6. The SMILES string of the molecule is CCOC(=O)c1cc(CC)sc1NC(=O)CN1CCNC(=O)C1. The van der Waals surface area contributed by atoms with Gasteiger partial charge in [0.05, 0.1) is 25.3 Å². The van der Waals surface area contributed by atoms with Crippen molar-refractivity contribution in [1.29, 1.82) is 0 Å². The fraction of sp³-hybridized carbons (Fsp3) is 0.533. The summed E-state index contributed by atoms with van der Waals surface area (Å²) in [5.74, 6) is -0.758. The molecule has 126 valence electrons. The molecule has 0 radical (unpaired) electrons. The quantitative estimate of drug-likeness (QED) is 0.751. The molecule has 2 amide bonds. The molecule has 0 aliphatic carbocycles. The lowest BCUT2D eigenvalue weighted by atomic mass is 10.2. The largest absolute Gasteiger partial charge is 0.462 e. The maximum Gasteiger partial charge on any atom is 0.341 e. The third-order valence-electron chi connectivity index (χ3n) is 3.36. The molecule has 23 heavy (non-hydrogen) atoms. The molecule has 2 rings (SSSR count). The highest BCUT2D eigenvalue weighted by Crippen LogP contribution is 2.29. The van der Waals surface area contributed by atoms with E-state index in [-0.39, 0.29) is 31.5 Å². The van der Waals surface area contributed by atoms with Crippen molar-refractivity contribution in [1.82, 2.24) is 10.2 Å². The zero-order valence-corrected chi connectivity index (χ0v) is 14.1. The van der Waals surface area contributed by atoms with E-state index in [1.807, 2.05) is 6.92 Å². The first kappa shape index (κ1) is 17.4. The highest BCUT2D eigenvalue weighted by molar-refractivity contribution is 7.16. The number of hydrogen-bond acceptors (Lipinski definition) is 6. The van der Waals surface area contributed by atoms with E-state index in [0.29, 0.717) is 23.7 Å². The number of ether oxygens (including phenoxy) is 1. The van der Waals surface area contributed by atoms with Crippen LogP contribution in [-0.2, 0) is 20.7 Å². The fourth-order valence-corrected chi connectivity index (χ4v) is 3.27. The number of amides is 2. The van der Waals surface area contributed by atoms with Crippen LogP contribution in [0.1, 0.15) is 29.1 Å². The van der Waals surface area contributed by atoms with Gasteiger partial charge in [0.2, 0.25) is 11.8 Å². The molecule has 2 heterocycles. The number of thiophene rings is 1. The first-order chi connectivity index (χ1) is 11.0. The lowest BCUT2D eigenvalue weighted by Gasteiger charge is -2.25. The van der Waals surface area contributed by atoms with Gasteiger partial charge in [-0.15, -0.1) is 11.3 Å². The molecule has 0 spiro atoms. The molecule has 0 saturated carbocycles. The maximum atomic E-state index is 12.2. The normalized spacial score (nSPS) is 15.1. The molecule has 8 heteroatoms. The number of esters is 1. The molecule has 1 aromatic heterocycles. The minimum Gasteiger partial charge on any atom is -0.462 e. The third-order valence-corrected chi connectivity index (χ3v) is 4.56. The van der Waals surface area contributed by atoms with Crippen LogP contribution in [0.2, 0.25) is 0 Å². The topological polar surface area (TPSA) is 87.7 Å². The zero-order chi connectivity index (χ0) is 16.8. The fourth-order valence-electron chi connectivity index (χ4n) is 2.27. The van der Waals surface area contributed by atoms with Gasteiger partial charge in [-0.25, -0.2) is 4.79 Å². The summed E-state index contributed by atoms with van der Waals surface area (Å²) in [6, 6.07) is 1.76. The van der Waals surface area contributed by atoms with Gasteiger partial charge in [-0.3, -0.25) is 14.5 Å². The number of anilines is 1. The summed E-state index contributed by atoms with van der Waals surface area (Å²) in [5, 5.41) is 5.99. The predicted molar refractivity (Wildman–Crippen MR) is 87.7 cm³/mol. The average Bonchev–Trinajstić information content (AvgIpc) is 2.90. The van der Waals surface area contributed by atoms with Crippen LogP contribution in [-0.4, -0.2) is 55.5 Å². The van der Waals surface area contributed by atoms with Crippen molar-refractivity contribution in [3.05, 3.63) is 16.5 Å². The predicted octanol–water partition coefficient (Wildman–Crippen LogP) is 0.857. The van der Waals surface area contributed by atoms with Gasteiger partial charge >= 0.3 is 5.97 Å². The first-order valence-corrected chi connectivity index (χ1v) is 8.43. The molecule has 7 nitrogen and oxygen atoms in total. The van der Waals surface area contributed by atoms with E-state index in [1.54, 1.807) is 17.9 Å². The Labute approximate surface area is 139 Å². The minimum atomic E-state index is -0.434. The number of carbonyl (C=O) groups is 3. The van der Waals surface area contributed by atoms with Crippen LogP contribution < -0.4 is 10.6 Å². The van der Waals surface area contributed by atoms with Crippen molar-refractivity contribution in [2.24, 2.45) is 0 Å². The summed E-state index contributed by atoms with van der Waals surface area (Å²) in [4.78, 5) is 38.3. The number of nitrogens with zero attached hydrogens (tertiary/aromatic N) is 1. The molecule has 0 atom stereocenters. The van der Waals surface area contributed by atoms with Crippen LogP contribution in [0.4, 0.5) is 5.00 Å². The number of hydrogen-bond donors (Lipinski definition) is 2. The van der Waals surface area contributed by atoms with Crippen LogP contribution in [0, 0.1) is 0 Å². The Bertz CT molecular complexity index is 600. The van der Waals surface area contributed by atoms with Crippen molar-refractivity contribution >= 4 is 34.1 Å². The monoisotopic (exact) mass is 339 g/mol. The number of aryl methyl sites for hydroxylation is 1. The molecular weight excluding hydrogens is 318 g/mol. The summed E-state index contributed by atoms with van der Waals surface area (Å²) in [7, 11) is 0. The Hall–Kier alpha value is -1.93. The van der Waals surface area contributed by atoms with Crippen molar-refractivity contribution in [3.63, 3.8) is 0 Å². The van der Waals surface area contributed by atoms with E-state index in [0.717, 1.165) is 11.3 Å². The lowest BCUT2D eigenvalue weighted by Crippen LogP contribution is -2.49. The molecule has 1 aliphatic rings. The molecule has 1 fully saturated rings. The van der Waals surface area contributed by atoms with Gasteiger partial charge in [0, 0.05) is 18.0 Å². The maximum absolute atomic E-state index is 12.2. The van der Waals surface area contributed by atoms with Gasteiger partial charge < -0.3 is 15.4 Å². The van der Waals surface area contributed by atoms with E-state index in [2.05, 4.69) is 10.6 Å². The molecule has 1 saturated heterocycles. The lowest BCUT2D eigenvalue weighted by molar-refractivity contribution is -0.125. The molecule has 1 aromatic rings. The van der Waals surface area contributed by atoms with E-state index < -0.39 is 5.97 Å². The van der Waals surface area contributed by atoms with E-state index in [4.69, 9.17) is 4.74 Å². The summed E-state index contributed by atoms with van der Waals surface area (Å²) < 4.78 is 5.03. The Kier molecular flexibility index (Phi) is 6.12. The van der Waals surface area contributed by atoms with Gasteiger partial charge in [-0.05, 0) is 19.4 Å². The van der Waals surface area contributed by atoms with Crippen molar-refractivity contribution < 1.29 is 19.1 Å². The zero-order valence-electron chi connectivity index (χ0n) is 13.3. The Balaban J connectivity index is 2.03. The van der Waals surface area contributed by atoms with Crippen molar-refractivity contribution in [2.45, 2.75) is 20.3 Å². The van der Waals surface area contributed by atoms with Gasteiger partial charge in [0.25, 0.3) is 0 Å². The summed E-state index contributed by atoms with van der Waals surface area (Å²) >= 11 is 1.37. The number of piperazine rings is 1. The molecule has 0 bridgehead atoms. The van der Waals surface area contributed by atoms with Crippen LogP contribution >= 0.6 is 11.3 Å². The summed E-state index contributed by atoms with van der Waals surface area (Å²) in [6.07, 6.45) is 0.777. The van der Waals surface area contributed by atoms with Crippen molar-refractivity contribution in [3.8, 4) is 0 Å². The standard InChI is InChI=1S/C15H21N3O4S/c1-3-10-7-11(15(21)22-4-2)14(23-10)17-13(20)9-18-6-5-16-12(19)8-18/h7H,3-6,8-9H2,1-2H3,(H,16,19)(H,17,20). The Morgan fingerprint density at radius 3 is 2.87 bits per heavy atom. The third kappa shape index (κ3) is 4.77. The molecule has 2 N–H and O–H groups in total. The Morgan fingerprint density at radius 2 is 2.22 bits per heavy atom. The van der Waals surface area contributed by atoms with Crippen LogP contribution in [0.25, 0.3) is 0 Å². The average molecular weight is 339 g/mol. The van der Waals surface area contributed by atoms with Gasteiger partial charge in [-0.1, -0.05) is 6.92 Å². The number of carbonyl (C=O) groups excluding carboxylic acids is 3. The van der Waals surface area contributed by atoms with E-state index >= 15 is 0 Å². The second-order valence-corrected chi connectivity index (χ2v) is 6.28. The van der Waals surface area contributed by atoms with Crippen molar-refractivity contribution in [2.75, 3.05) is 38.1 Å². The highest BCUT2D eigenvalue weighted by Gasteiger charge is 2.22. The minimum absolute atomic E-state index is 0.0827. The van der Waals surface area contributed by atoms with Gasteiger partial charge in [0.15, 0.2) is 0 Å². The summed E-state index contributed by atoms with van der Waals surface area (Å²) in [5.41, 5.74) is 0.387. The van der Waals surface area contributed by atoms with E-state index in [9.17, 15) is 14.4 Å². The molecule has 0 aromatic carbocycles. The van der Waals surface area contributed by atoms with Crippen LogP contribution in [0.15, 0.2) is 6.07 Å². The van der Waals surface area contributed by atoms with Crippen LogP contribution in [0.5, 0.6) is 0 Å². The van der Waals surface area contributed by atoms with Gasteiger partial charge in [-0.2, -0.15) is 0 Å². The smallest absolute Gasteiger partial charge is 0.341 e. The van der Waals surface area contributed by atoms with Gasteiger partial charge in [0.1, 0.15) is 5.00 Å². The highest BCUT2D eigenvalue weighted by atomic mass is 32.1. The second-order valence-electron chi connectivity index (χ2n) is 5.14. The molecular formula is C15H21N3O4S. The first-order valence-electron chi connectivity index (χ1n) is 7.62. The summed E-state index contributed by atoms with van der Waals surface area (Å²) in [6.45, 7) is 5.52. The number of nitrogens with one attached hydrogen (secondary N) is 2. The molecule has 1 aliphatic heterocycles. The van der Waals surface area contributed by atoms with E-state index in [1.165, 1.54) is 11.3 Å².